The van der Waals surface area contributed by atoms with Crippen LogP contribution in [-0.4, -0.2) is 67.4 Å². The molecule has 0 radical (unpaired) electrons. The zero-order chi connectivity index (χ0) is 23.5. The first kappa shape index (κ1) is 25.1. The normalized spacial score (nSPS) is 19.6. The molecule has 180 valence electrons. The Kier molecular flexibility index (Phi) is 10.1. The smallest absolute Gasteiger partial charge is 0.351 e. The topological polar surface area (TPSA) is 102 Å². The summed E-state index contributed by atoms with van der Waals surface area (Å²) in [5.41, 5.74) is 1.48. The number of rotatable bonds is 8. The van der Waals surface area contributed by atoms with E-state index < -0.39 is 11.9 Å². The van der Waals surface area contributed by atoms with Crippen molar-refractivity contribution in [3.8, 4) is 0 Å². The van der Waals surface area contributed by atoms with Crippen molar-refractivity contribution in [2.24, 2.45) is 0 Å². The fourth-order valence-corrected chi connectivity index (χ4v) is 4.77. The van der Waals surface area contributed by atoms with E-state index in [1.54, 1.807) is 0 Å². The third-order valence-electron chi connectivity index (χ3n) is 6.45. The van der Waals surface area contributed by atoms with Gasteiger partial charge in [0.05, 0.1) is 6.10 Å². The van der Waals surface area contributed by atoms with E-state index in [0.29, 0.717) is 12.0 Å². The molecule has 0 aromatic heterocycles. The van der Waals surface area contributed by atoms with E-state index in [1.165, 1.54) is 68.1 Å². The van der Waals surface area contributed by atoms with Gasteiger partial charge in [-0.05, 0) is 67.4 Å². The molecule has 0 saturated carbocycles. The van der Waals surface area contributed by atoms with Crippen molar-refractivity contribution < 1.29 is 24.5 Å². The molecular formula is C26H35N2O5-. The van der Waals surface area contributed by atoms with Gasteiger partial charge < -0.3 is 30.0 Å². The summed E-state index contributed by atoms with van der Waals surface area (Å²) in [6.45, 7) is 6.82. The van der Waals surface area contributed by atoms with Crippen LogP contribution >= 0.6 is 0 Å². The fraction of sp³-hybridized carbons (Fsp3) is 0.538. The van der Waals surface area contributed by atoms with Crippen LogP contribution in [0.25, 0.3) is 10.8 Å². The van der Waals surface area contributed by atoms with Gasteiger partial charge in [0, 0.05) is 26.2 Å². The lowest BCUT2D eigenvalue weighted by molar-refractivity contribution is -0.303. The second kappa shape index (κ2) is 13.3. The van der Waals surface area contributed by atoms with Crippen molar-refractivity contribution in [1.29, 1.82) is 0 Å². The number of hydrogen-bond donors (Lipinski definition) is 2. The summed E-state index contributed by atoms with van der Waals surface area (Å²) >= 11 is 0. The maximum absolute atomic E-state index is 9.04. The molecule has 7 heteroatoms. The minimum atomic E-state index is -2.07. The molecule has 2 heterocycles. The van der Waals surface area contributed by atoms with Gasteiger partial charge in [-0.3, -0.25) is 0 Å². The zero-order valence-electron chi connectivity index (χ0n) is 19.2. The number of benzene rings is 2. The Hall–Kier alpha value is -2.48. The Balaban J connectivity index is 0.000000454. The number of nitrogens with zero attached hydrogens (tertiary/aromatic N) is 1. The number of fused-ring (bicyclic) bond motifs is 1. The predicted octanol–water partition coefficient (Wildman–Crippen LogP) is 2.39. The monoisotopic (exact) mass is 455 g/mol. The van der Waals surface area contributed by atoms with E-state index in [2.05, 4.69) is 52.7 Å². The quantitative estimate of drug-likeness (QED) is 0.465. The van der Waals surface area contributed by atoms with Crippen molar-refractivity contribution >= 4 is 22.7 Å². The number of aliphatic carboxylic acids is 2. The third-order valence-corrected chi connectivity index (χ3v) is 6.45. The van der Waals surface area contributed by atoms with Crippen molar-refractivity contribution in [3.05, 3.63) is 48.0 Å². The van der Waals surface area contributed by atoms with Gasteiger partial charge in [-0.2, -0.15) is 0 Å². The molecule has 33 heavy (non-hydrogen) atoms. The van der Waals surface area contributed by atoms with E-state index in [-0.39, 0.29) is 0 Å². The second-order valence-corrected chi connectivity index (χ2v) is 8.84. The van der Waals surface area contributed by atoms with Crippen LogP contribution in [0.1, 0.15) is 50.0 Å². The zero-order valence-corrected chi connectivity index (χ0v) is 19.2. The molecule has 0 spiro atoms. The number of ether oxygens (including phenoxy) is 1. The number of carboxylic acid groups (broad SMARTS) is 2. The van der Waals surface area contributed by atoms with Crippen LogP contribution < -0.4 is 10.4 Å². The van der Waals surface area contributed by atoms with E-state index in [9.17, 15) is 0 Å². The summed E-state index contributed by atoms with van der Waals surface area (Å²) in [5.74, 6) is -3.49. The Morgan fingerprint density at radius 2 is 1.82 bits per heavy atom. The number of carboxylic acids is 2. The highest BCUT2D eigenvalue weighted by Gasteiger charge is 2.23. The molecule has 7 nitrogen and oxygen atoms in total. The van der Waals surface area contributed by atoms with Crippen LogP contribution in [0.2, 0.25) is 0 Å². The highest BCUT2D eigenvalue weighted by Crippen LogP contribution is 2.31. The Morgan fingerprint density at radius 3 is 2.52 bits per heavy atom. The minimum absolute atomic E-state index is 0.429. The average Bonchev–Trinajstić information content (AvgIpc) is 3.35. The number of piperidine rings is 1. The number of nitrogens with one attached hydrogen (secondary N) is 1. The van der Waals surface area contributed by atoms with Gasteiger partial charge in [-0.15, -0.1) is 0 Å². The Morgan fingerprint density at radius 1 is 1.09 bits per heavy atom. The molecule has 2 fully saturated rings. The molecule has 4 rings (SSSR count). The van der Waals surface area contributed by atoms with E-state index in [0.717, 1.165) is 26.1 Å². The predicted molar refractivity (Wildman–Crippen MR) is 126 cm³/mol. The average molecular weight is 456 g/mol. The molecule has 0 bridgehead atoms. The van der Waals surface area contributed by atoms with Gasteiger partial charge in [0.2, 0.25) is 0 Å². The van der Waals surface area contributed by atoms with E-state index in [1.807, 2.05) is 0 Å². The van der Waals surface area contributed by atoms with Crippen molar-refractivity contribution in [3.63, 3.8) is 0 Å². The van der Waals surface area contributed by atoms with E-state index >= 15 is 0 Å². The van der Waals surface area contributed by atoms with Crippen LogP contribution in [0.15, 0.2) is 42.5 Å². The first-order valence-corrected chi connectivity index (χ1v) is 12.0. The molecule has 2 aliphatic rings. The van der Waals surface area contributed by atoms with Gasteiger partial charge in [0.25, 0.3) is 0 Å². The maximum atomic E-state index is 9.04. The van der Waals surface area contributed by atoms with Crippen LogP contribution in [-0.2, 0) is 14.3 Å². The fourth-order valence-electron chi connectivity index (χ4n) is 4.77. The van der Waals surface area contributed by atoms with Crippen molar-refractivity contribution in [1.82, 2.24) is 10.2 Å². The number of carbonyl (C=O) groups is 2. The minimum Gasteiger partial charge on any atom is -0.539 e. The third kappa shape index (κ3) is 8.11. The summed E-state index contributed by atoms with van der Waals surface area (Å²) in [5, 5.41) is 22.8. The molecular weight excluding hydrogens is 420 g/mol. The standard InChI is InChI=1S/C24H34N2O.C2H2O4/c1-4-14-26(15-5-1)16-13-25-19-21(18-22-10-7-17-27-22)24-12-6-9-20-8-2-3-11-23(20)24;3-1(4)2(5)6/h2-3,6,8-9,11-12,21-22,25H,1,4-5,7,10,13-19H2;(H,3,4)(H,5,6)/p-1. The summed E-state index contributed by atoms with van der Waals surface area (Å²) in [7, 11) is 0. The highest BCUT2D eigenvalue weighted by atomic mass is 16.5. The van der Waals surface area contributed by atoms with Crippen LogP contribution in [0.3, 0.4) is 0 Å². The van der Waals surface area contributed by atoms with Crippen LogP contribution in [0.5, 0.6) is 0 Å². The first-order valence-electron chi connectivity index (χ1n) is 12.0. The summed E-state index contributed by atoms with van der Waals surface area (Å²) in [4.78, 5) is 20.6. The lowest BCUT2D eigenvalue weighted by Crippen LogP contribution is -2.37. The molecule has 2 N–H and O–H groups in total. The maximum Gasteiger partial charge on any atom is 0.351 e. The van der Waals surface area contributed by atoms with Crippen molar-refractivity contribution in [2.45, 2.75) is 50.5 Å². The highest BCUT2D eigenvalue weighted by molar-refractivity contribution is 6.26. The second-order valence-electron chi connectivity index (χ2n) is 8.84. The lowest BCUT2D eigenvalue weighted by atomic mass is 9.88. The number of likely N-dealkylation sites (tertiary alicyclic amines) is 1. The van der Waals surface area contributed by atoms with Gasteiger partial charge >= 0.3 is 5.97 Å². The number of carbonyl (C=O) groups excluding carboxylic acids is 1. The molecule has 2 aromatic carbocycles. The summed E-state index contributed by atoms with van der Waals surface area (Å²) in [6.07, 6.45) is 8.15. The van der Waals surface area contributed by atoms with Gasteiger partial charge in [0.1, 0.15) is 0 Å². The van der Waals surface area contributed by atoms with Gasteiger partial charge in [-0.1, -0.05) is 48.9 Å². The van der Waals surface area contributed by atoms with Gasteiger partial charge in [-0.25, -0.2) is 4.79 Å². The van der Waals surface area contributed by atoms with Crippen LogP contribution in [0, 0.1) is 0 Å². The van der Waals surface area contributed by atoms with Gasteiger partial charge in [0.15, 0.2) is 5.97 Å². The molecule has 0 amide bonds. The van der Waals surface area contributed by atoms with Crippen molar-refractivity contribution in [2.75, 3.05) is 39.3 Å². The molecule has 2 aliphatic heterocycles. The summed E-state index contributed by atoms with van der Waals surface area (Å²) in [6, 6.07) is 15.6. The molecule has 2 unspecified atom stereocenters. The Bertz CT molecular complexity index is 874. The summed E-state index contributed by atoms with van der Waals surface area (Å²) < 4.78 is 5.98. The largest absolute Gasteiger partial charge is 0.539 e. The number of hydrogen-bond acceptors (Lipinski definition) is 6. The molecule has 2 atom stereocenters. The molecule has 2 aromatic rings. The van der Waals surface area contributed by atoms with Crippen LogP contribution in [0.4, 0.5) is 0 Å². The van der Waals surface area contributed by atoms with E-state index in [4.69, 9.17) is 24.5 Å². The molecule has 0 aliphatic carbocycles. The SMILES string of the molecule is O=C([O-])C(=O)O.c1ccc2c(C(CNCCN3CCCCC3)CC3CCCO3)cccc2c1. The molecule has 2 saturated heterocycles. The lowest BCUT2D eigenvalue weighted by Gasteiger charge is -2.27. The first-order chi connectivity index (χ1) is 16.0. The Labute approximate surface area is 195 Å².